The third-order valence-corrected chi connectivity index (χ3v) is 7.65. The maximum atomic E-state index is 13.0. The fourth-order valence-electron chi connectivity index (χ4n) is 3.90. The summed E-state index contributed by atoms with van der Waals surface area (Å²) in [7, 11) is -2.28. The summed E-state index contributed by atoms with van der Waals surface area (Å²) in [6.07, 6.45) is -1.94. The molecule has 1 saturated heterocycles. The minimum absolute atomic E-state index is 0.0478. The van der Waals surface area contributed by atoms with Crippen molar-refractivity contribution in [2.24, 2.45) is 7.05 Å². The zero-order valence-electron chi connectivity index (χ0n) is 18.8. The molecule has 2 N–H and O–H groups in total. The van der Waals surface area contributed by atoms with E-state index in [-0.39, 0.29) is 37.4 Å². The van der Waals surface area contributed by atoms with Crippen molar-refractivity contribution in [3.63, 3.8) is 0 Å². The number of carbonyl (C=O) groups is 2. The van der Waals surface area contributed by atoms with Gasteiger partial charge in [-0.3, -0.25) is 9.59 Å². The van der Waals surface area contributed by atoms with E-state index in [9.17, 15) is 31.2 Å². The molecule has 1 fully saturated rings. The lowest BCUT2D eigenvalue weighted by molar-refractivity contribution is -0.137. The highest BCUT2D eigenvalue weighted by molar-refractivity contribution is 7.89. The number of halogens is 3. The predicted octanol–water partition coefficient (Wildman–Crippen LogP) is 2.06. The summed E-state index contributed by atoms with van der Waals surface area (Å²) in [6.45, 7) is 1.42. The molecule has 0 spiro atoms. The minimum atomic E-state index is -4.65. The van der Waals surface area contributed by atoms with Crippen molar-refractivity contribution in [3.8, 4) is 0 Å². The number of nitrogens with one attached hydrogen (secondary N) is 2. The van der Waals surface area contributed by atoms with Crippen LogP contribution < -0.4 is 10.6 Å². The number of carbonyl (C=O) groups excluding carboxylic acids is 2. The summed E-state index contributed by atoms with van der Waals surface area (Å²) in [5.41, 5.74) is -0.172. The number of alkyl halides is 3. The van der Waals surface area contributed by atoms with Crippen molar-refractivity contribution < 1.29 is 31.2 Å². The van der Waals surface area contributed by atoms with Gasteiger partial charge in [-0.25, -0.2) is 8.42 Å². The first kappa shape index (κ1) is 25.8. The van der Waals surface area contributed by atoms with Crippen LogP contribution in [0.4, 0.5) is 13.2 Å². The summed E-state index contributed by atoms with van der Waals surface area (Å²) in [4.78, 5) is 24.0. The second-order valence-electron chi connectivity index (χ2n) is 8.28. The fourth-order valence-corrected chi connectivity index (χ4v) is 5.41. The number of aryl methyl sites for hydroxylation is 1. The molecule has 2 amide bonds. The van der Waals surface area contributed by atoms with E-state index in [1.807, 2.05) is 29.9 Å². The van der Waals surface area contributed by atoms with E-state index in [0.29, 0.717) is 18.9 Å². The van der Waals surface area contributed by atoms with Crippen molar-refractivity contribution in [3.05, 3.63) is 53.9 Å². The van der Waals surface area contributed by atoms with Gasteiger partial charge in [0.15, 0.2) is 0 Å². The summed E-state index contributed by atoms with van der Waals surface area (Å²) in [5, 5.41) is 5.51. The van der Waals surface area contributed by atoms with E-state index in [4.69, 9.17) is 0 Å². The van der Waals surface area contributed by atoms with Gasteiger partial charge in [-0.1, -0.05) is 6.07 Å². The van der Waals surface area contributed by atoms with Crippen LogP contribution in [0.25, 0.3) is 0 Å². The first-order chi connectivity index (χ1) is 15.9. The average molecular weight is 501 g/mol. The number of amides is 2. The van der Waals surface area contributed by atoms with Crippen LogP contribution in [-0.4, -0.2) is 54.3 Å². The molecule has 0 bridgehead atoms. The number of benzene rings is 1. The second kappa shape index (κ2) is 10.2. The van der Waals surface area contributed by atoms with Crippen molar-refractivity contribution in [2.75, 3.05) is 13.1 Å². The maximum absolute atomic E-state index is 13.0. The molecule has 2 aromatic rings. The van der Waals surface area contributed by atoms with Gasteiger partial charge >= 0.3 is 6.18 Å². The Balaban J connectivity index is 1.63. The highest BCUT2D eigenvalue weighted by Gasteiger charge is 2.35. The quantitative estimate of drug-likeness (QED) is 0.608. The van der Waals surface area contributed by atoms with Gasteiger partial charge in [-0.05, 0) is 43.2 Å². The van der Waals surface area contributed by atoms with Crippen molar-refractivity contribution in [2.45, 2.75) is 49.3 Å². The van der Waals surface area contributed by atoms with E-state index in [2.05, 4.69) is 10.6 Å². The Bertz CT molecular complexity index is 1140. The number of hydrogen-bond donors (Lipinski definition) is 2. The fraction of sp³-hybridized carbons (Fsp3) is 0.455. The lowest BCUT2D eigenvalue weighted by Gasteiger charge is -2.32. The van der Waals surface area contributed by atoms with Crippen LogP contribution in [0.15, 0.2) is 47.5 Å². The summed E-state index contributed by atoms with van der Waals surface area (Å²) >= 11 is 0. The normalized spacial score (nSPS) is 16.7. The zero-order chi connectivity index (χ0) is 25.1. The molecule has 0 saturated carbocycles. The van der Waals surface area contributed by atoms with Crippen LogP contribution in [0.2, 0.25) is 0 Å². The molecule has 3 rings (SSSR count). The Hall–Kier alpha value is -2.86. The van der Waals surface area contributed by atoms with Gasteiger partial charge in [-0.2, -0.15) is 17.5 Å². The highest BCUT2D eigenvalue weighted by Crippen LogP contribution is 2.31. The lowest BCUT2D eigenvalue weighted by Crippen LogP contribution is -2.53. The molecule has 0 aliphatic carbocycles. The van der Waals surface area contributed by atoms with Crippen LogP contribution >= 0.6 is 0 Å². The van der Waals surface area contributed by atoms with Crippen LogP contribution in [-0.2, 0) is 39.3 Å². The Morgan fingerprint density at radius 3 is 2.38 bits per heavy atom. The Morgan fingerprint density at radius 1 is 1.15 bits per heavy atom. The summed E-state index contributed by atoms with van der Waals surface area (Å²) in [5.74, 6) is -0.730. The summed E-state index contributed by atoms with van der Waals surface area (Å²) < 4.78 is 67.6. The SMILES string of the molecule is CC(=O)N[C@@H](Cc1cccn1C)C(=O)NC1CCN(S(=O)(=O)c2cccc(C(F)(F)F)c2)CC1. The molecule has 8 nitrogen and oxygen atoms in total. The third-order valence-electron chi connectivity index (χ3n) is 5.76. The number of sulfonamides is 1. The minimum Gasteiger partial charge on any atom is -0.354 e. The molecule has 1 aliphatic rings. The number of hydrogen-bond acceptors (Lipinski definition) is 4. The Morgan fingerprint density at radius 2 is 1.82 bits per heavy atom. The molecular weight excluding hydrogens is 473 g/mol. The van der Waals surface area contributed by atoms with Crippen LogP contribution in [0, 0.1) is 0 Å². The number of nitrogens with zero attached hydrogens (tertiary/aromatic N) is 2. The van der Waals surface area contributed by atoms with Gasteiger partial charge in [0.1, 0.15) is 6.04 Å². The monoisotopic (exact) mass is 500 g/mol. The zero-order valence-corrected chi connectivity index (χ0v) is 19.6. The van der Waals surface area contributed by atoms with Crippen LogP contribution in [0.1, 0.15) is 31.0 Å². The molecule has 1 aliphatic heterocycles. The molecule has 2 heterocycles. The van der Waals surface area contributed by atoms with E-state index in [0.717, 1.165) is 28.2 Å². The number of aromatic nitrogens is 1. The lowest BCUT2D eigenvalue weighted by atomic mass is 10.0. The molecule has 1 aromatic carbocycles. The van der Waals surface area contributed by atoms with E-state index < -0.39 is 32.7 Å². The molecule has 34 heavy (non-hydrogen) atoms. The van der Waals surface area contributed by atoms with Gasteiger partial charge in [0.2, 0.25) is 21.8 Å². The Kier molecular flexibility index (Phi) is 7.71. The van der Waals surface area contributed by atoms with Gasteiger partial charge < -0.3 is 15.2 Å². The predicted molar refractivity (Wildman–Crippen MR) is 118 cm³/mol. The topological polar surface area (TPSA) is 101 Å². The van der Waals surface area contributed by atoms with Gasteiger partial charge in [-0.15, -0.1) is 0 Å². The van der Waals surface area contributed by atoms with Gasteiger partial charge in [0.05, 0.1) is 10.5 Å². The molecule has 186 valence electrons. The first-order valence-electron chi connectivity index (χ1n) is 10.7. The Labute approximate surface area is 196 Å². The highest BCUT2D eigenvalue weighted by atomic mass is 32.2. The van der Waals surface area contributed by atoms with Crippen LogP contribution in [0.3, 0.4) is 0 Å². The first-order valence-corrected chi connectivity index (χ1v) is 12.2. The summed E-state index contributed by atoms with van der Waals surface area (Å²) in [6, 6.07) is 6.21. The molecular formula is C22H27F3N4O4S. The molecule has 1 atom stereocenters. The average Bonchev–Trinajstić information content (AvgIpc) is 3.17. The van der Waals surface area contributed by atoms with E-state index >= 15 is 0 Å². The second-order valence-corrected chi connectivity index (χ2v) is 10.2. The van der Waals surface area contributed by atoms with E-state index in [1.54, 1.807) is 0 Å². The molecule has 0 radical (unpaired) electrons. The third kappa shape index (κ3) is 6.17. The van der Waals surface area contributed by atoms with Gasteiger partial charge in [0.25, 0.3) is 0 Å². The molecule has 12 heteroatoms. The molecule has 0 unspecified atom stereocenters. The largest absolute Gasteiger partial charge is 0.416 e. The number of piperidine rings is 1. The van der Waals surface area contributed by atoms with Crippen LogP contribution in [0.5, 0.6) is 0 Å². The number of rotatable bonds is 7. The van der Waals surface area contributed by atoms with Crippen molar-refractivity contribution >= 4 is 21.8 Å². The standard InChI is InChI=1S/C22H27F3N4O4S/c1-15(30)26-20(14-18-6-4-10-28(18)2)21(31)27-17-8-11-29(12-9-17)34(32,33)19-7-3-5-16(13-19)22(23,24)25/h3-7,10,13,17,20H,8-9,11-12,14H2,1-2H3,(H,26,30)(H,27,31)/t20-/m0/s1. The smallest absolute Gasteiger partial charge is 0.354 e. The molecule has 1 aromatic heterocycles. The van der Waals surface area contributed by atoms with Crippen molar-refractivity contribution in [1.29, 1.82) is 0 Å². The van der Waals surface area contributed by atoms with Crippen molar-refractivity contribution in [1.82, 2.24) is 19.5 Å². The van der Waals surface area contributed by atoms with Gasteiger partial charge in [0, 0.05) is 51.4 Å². The maximum Gasteiger partial charge on any atom is 0.416 e. The van der Waals surface area contributed by atoms with E-state index in [1.165, 1.54) is 6.92 Å².